The zero-order valence-corrected chi connectivity index (χ0v) is 14.6. The molecule has 1 fully saturated rings. The highest BCUT2D eigenvalue weighted by Gasteiger charge is 2.28. The number of esters is 1. The predicted octanol–water partition coefficient (Wildman–Crippen LogP) is 1.31. The first-order valence-corrected chi connectivity index (χ1v) is 8.19. The molecule has 0 saturated carbocycles. The van der Waals surface area contributed by atoms with Crippen molar-refractivity contribution in [3.05, 3.63) is 26.9 Å². The minimum Gasteiger partial charge on any atom is -0.462 e. The predicted molar refractivity (Wildman–Crippen MR) is 90.4 cm³/mol. The number of ether oxygens (including phenoxy) is 2. The summed E-state index contributed by atoms with van der Waals surface area (Å²) in [5.74, 6) is -0.508. The summed E-state index contributed by atoms with van der Waals surface area (Å²) in [6.45, 7) is 4.15. The molecule has 1 aliphatic heterocycles. The number of hydrogen-bond acceptors (Lipinski definition) is 7. The highest BCUT2D eigenvalue weighted by atomic mass is 32.1. The van der Waals surface area contributed by atoms with E-state index in [0.29, 0.717) is 19.1 Å². The number of carbonyl (C=O) groups is 2. The summed E-state index contributed by atoms with van der Waals surface area (Å²) in [4.78, 5) is 36.1. The van der Waals surface area contributed by atoms with E-state index in [2.05, 4.69) is 18.8 Å². The Labute approximate surface area is 145 Å². The minimum atomic E-state index is -0.523. The van der Waals surface area contributed by atoms with Crippen LogP contribution in [0.4, 0.5) is 0 Å². The van der Waals surface area contributed by atoms with Crippen LogP contribution in [-0.2, 0) is 14.3 Å². The third-order valence-electron chi connectivity index (χ3n) is 3.11. The zero-order valence-electron chi connectivity index (χ0n) is 13.8. The molecule has 134 valence electrons. The number of aromatic amines is 1. The number of nitrogens with one attached hydrogen (secondary N) is 1. The van der Waals surface area contributed by atoms with Crippen molar-refractivity contribution in [3.63, 3.8) is 0 Å². The van der Waals surface area contributed by atoms with E-state index in [0.717, 1.165) is 0 Å². The van der Waals surface area contributed by atoms with Crippen molar-refractivity contribution in [2.45, 2.75) is 45.4 Å². The van der Waals surface area contributed by atoms with Gasteiger partial charge in [-0.2, -0.15) is 0 Å². The van der Waals surface area contributed by atoms with Crippen molar-refractivity contribution in [1.29, 1.82) is 0 Å². The third kappa shape index (κ3) is 5.66. The van der Waals surface area contributed by atoms with Gasteiger partial charge in [0.1, 0.15) is 17.5 Å². The Morgan fingerprint density at radius 3 is 2.79 bits per heavy atom. The number of carbonyl (C=O) groups excluding carboxylic acids is 2. The van der Waals surface area contributed by atoms with Crippen LogP contribution in [0.2, 0.25) is 0 Å². The molecule has 2 unspecified atom stereocenters. The highest BCUT2D eigenvalue weighted by molar-refractivity contribution is 7.71. The number of nitrogens with zero attached hydrogens (tertiary/aromatic N) is 1. The van der Waals surface area contributed by atoms with Gasteiger partial charge < -0.3 is 15.2 Å². The third-order valence-corrected chi connectivity index (χ3v) is 3.45. The molecule has 0 spiro atoms. The van der Waals surface area contributed by atoms with E-state index in [-0.39, 0.29) is 29.5 Å². The van der Waals surface area contributed by atoms with Crippen LogP contribution in [0.1, 0.15) is 49.7 Å². The maximum Gasteiger partial charge on any atom is 0.328 e. The Kier molecular flexibility index (Phi) is 8.51. The van der Waals surface area contributed by atoms with Crippen LogP contribution < -0.4 is 11.4 Å². The van der Waals surface area contributed by atoms with Crippen molar-refractivity contribution < 1.29 is 19.1 Å². The number of nitrogens with two attached hydrogens (primary N) is 1. The second-order valence-electron chi connectivity index (χ2n) is 5.25. The molecule has 3 N–H and O–H groups in total. The van der Waals surface area contributed by atoms with Crippen LogP contribution >= 0.6 is 12.2 Å². The Hall–Kier alpha value is -1.84. The van der Waals surface area contributed by atoms with E-state index in [1.807, 2.05) is 0 Å². The summed E-state index contributed by atoms with van der Waals surface area (Å²) in [6, 6.07) is 0. The van der Waals surface area contributed by atoms with Crippen LogP contribution in [-0.4, -0.2) is 41.1 Å². The van der Waals surface area contributed by atoms with Gasteiger partial charge in [-0.05, 0) is 12.8 Å². The highest BCUT2D eigenvalue weighted by Crippen LogP contribution is 2.27. The van der Waals surface area contributed by atoms with E-state index in [4.69, 9.17) is 27.4 Å². The van der Waals surface area contributed by atoms with Crippen LogP contribution in [0, 0.1) is 4.64 Å². The molecule has 1 aliphatic rings. The molecule has 1 aromatic rings. The molecule has 0 radical (unpaired) electrons. The summed E-state index contributed by atoms with van der Waals surface area (Å²) in [6.07, 6.45) is 3.55. The minimum absolute atomic E-state index is 0.0880. The van der Waals surface area contributed by atoms with Gasteiger partial charge in [-0.1, -0.05) is 32.5 Å². The number of hydrogen-bond donors (Lipinski definition) is 2. The van der Waals surface area contributed by atoms with Crippen molar-refractivity contribution in [2.75, 3.05) is 13.2 Å². The van der Waals surface area contributed by atoms with Gasteiger partial charge in [0.2, 0.25) is 0 Å². The summed E-state index contributed by atoms with van der Waals surface area (Å²) in [5, 5.41) is 0. The Morgan fingerprint density at radius 2 is 2.21 bits per heavy atom. The van der Waals surface area contributed by atoms with E-state index in [1.54, 1.807) is 0 Å². The molecule has 8 nitrogen and oxygen atoms in total. The summed E-state index contributed by atoms with van der Waals surface area (Å²) in [5.41, 5.74) is 4.90. The second-order valence-corrected chi connectivity index (χ2v) is 5.66. The first-order valence-electron chi connectivity index (χ1n) is 7.78. The lowest BCUT2D eigenvalue weighted by atomic mass is 10.2. The number of H-pyrrole nitrogens is 1. The lowest BCUT2D eigenvalue weighted by Crippen LogP contribution is -2.29. The summed E-state index contributed by atoms with van der Waals surface area (Å²) in [7, 11) is 0. The van der Waals surface area contributed by atoms with Crippen LogP contribution in [0.15, 0.2) is 11.0 Å². The van der Waals surface area contributed by atoms with E-state index < -0.39 is 17.9 Å². The quantitative estimate of drug-likeness (QED) is 0.463. The zero-order chi connectivity index (χ0) is 18.1. The SMILES string of the molecule is CCC.NCC(=O)OCC1CCC(n2cc(C=O)c(=S)[nH]c2=O)O1. The van der Waals surface area contributed by atoms with Gasteiger partial charge in [0.05, 0.1) is 18.2 Å². The maximum atomic E-state index is 11.9. The number of aromatic nitrogens is 2. The normalized spacial score (nSPS) is 19.3. The Balaban J connectivity index is 0.000000891. The molecular formula is C15H23N3O5S. The van der Waals surface area contributed by atoms with Crippen LogP contribution in [0.25, 0.3) is 0 Å². The van der Waals surface area contributed by atoms with Gasteiger partial charge >= 0.3 is 11.7 Å². The van der Waals surface area contributed by atoms with Gasteiger partial charge in [0.25, 0.3) is 0 Å². The van der Waals surface area contributed by atoms with Crippen molar-refractivity contribution in [3.8, 4) is 0 Å². The van der Waals surface area contributed by atoms with Crippen LogP contribution in [0.3, 0.4) is 0 Å². The van der Waals surface area contributed by atoms with Crippen LogP contribution in [0.5, 0.6) is 0 Å². The fraction of sp³-hybridized carbons (Fsp3) is 0.600. The molecule has 2 heterocycles. The largest absolute Gasteiger partial charge is 0.462 e. The Bertz CT molecular complexity index is 670. The molecule has 0 bridgehead atoms. The molecule has 1 aromatic heterocycles. The van der Waals surface area contributed by atoms with E-state index in [1.165, 1.54) is 17.2 Å². The molecule has 2 atom stereocenters. The fourth-order valence-electron chi connectivity index (χ4n) is 2.06. The Morgan fingerprint density at radius 1 is 1.54 bits per heavy atom. The smallest absolute Gasteiger partial charge is 0.328 e. The fourth-order valence-corrected chi connectivity index (χ4v) is 2.25. The molecule has 0 amide bonds. The molecule has 2 rings (SSSR count). The first-order chi connectivity index (χ1) is 11.5. The van der Waals surface area contributed by atoms with Gasteiger partial charge in [-0.15, -0.1) is 0 Å². The second kappa shape index (κ2) is 10.1. The molecule has 0 aromatic carbocycles. The van der Waals surface area contributed by atoms with Gasteiger partial charge in [-0.25, -0.2) is 4.79 Å². The van der Waals surface area contributed by atoms with Crippen molar-refractivity contribution >= 4 is 24.5 Å². The van der Waals surface area contributed by atoms with Gasteiger partial charge in [-0.3, -0.25) is 19.1 Å². The summed E-state index contributed by atoms with van der Waals surface area (Å²) >= 11 is 4.87. The molecule has 1 saturated heterocycles. The average Bonchev–Trinajstić information content (AvgIpc) is 3.02. The number of aldehydes is 1. The standard InChI is InChI=1S/C12H15N3O5S.C3H8/c13-3-10(17)19-6-8-1-2-9(20-8)15-4-7(5-16)11(21)14-12(15)18;1-3-2/h4-5,8-9H,1-3,6,13H2,(H,14,18,21);3H2,1-2H3. The topological polar surface area (TPSA) is 116 Å². The molecule has 9 heteroatoms. The van der Waals surface area contributed by atoms with Crippen molar-refractivity contribution in [2.24, 2.45) is 5.73 Å². The van der Waals surface area contributed by atoms with Gasteiger partial charge in [0, 0.05) is 6.20 Å². The first kappa shape index (κ1) is 20.2. The molecule has 0 aliphatic carbocycles. The van der Waals surface area contributed by atoms with E-state index in [9.17, 15) is 14.4 Å². The lowest BCUT2D eigenvalue weighted by Gasteiger charge is -2.16. The summed E-state index contributed by atoms with van der Waals surface area (Å²) < 4.78 is 11.9. The average molecular weight is 357 g/mol. The molecular weight excluding hydrogens is 334 g/mol. The van der Waals surface area contributed by atoms with E-state index >= 15 is 0 Å². The lowest BCUT2D eigenvalue weighted by molar-refractivity contribution is -0.146. The number of rotatable bonds is 5. The maximum absolute atomic E-state index is 11.9. The molecule has 24 heavy (non-hydrogen) atoms. The van der Waals surface area contributed by atoms with Crippen molar-refractivity contribution in [1.82, 2.24) is 9.55 Å². The van der Waals surface area contributed by atoms with Gasteiger partial charge in [0.15, 0.2) is 6.29 Å². The monoisotopic (exact) mass is 357 g/mol.